The molecule has 1 aromatic heterocycles. The summed E-state index contributed by atoms with van der Waals surface area (Å²) in [5.74, 6) is 1.63. The normalized spacial score (nSPS) is 21.0. The van der Waals surface area contributed by atoms with Gasteiger partial charge in [0.05, 0.1) is 13.7 Å². The van der Waals surface area contributed by atoms with Crippen LogP contribution in [0, 0.1) is 0 Å². The van der Waals surface area contributed by atoms with Crippen molar-refractivity contribution in [3.05, 3.63) is 54.1 Å². The smallest absolute Gasteiger partial charge is 0.142 e. The van der Waals surface area contributed by atoms with Gasteiger partial charge in [0, 0.05) is 43.6 Å². The summed E-state index contributed by atoms with van der Waals surface area (Å²) in [4.78, 5) is 12.9. The molecule has 2 heterocycles. The summed E-state index contributed by atoms with van der Waals surface area (Å²) >= 11 is 0. The zero-order valence-electron chi connectivity index (χ0n) is 14.8. The molecular weight excluding hydrogens is 319 g/mol. The largest absolute Gasteiger partial charge is 0.496 e. The van der Waals surface area contributed by atoms with Crippen LogP contribution in [0.4, 0.5) is 4.39 Å². The van der Waals surface area contributed by atoms with Gasteiger partial charge >= 0.3 is 0 Å². The van der Waals surface area contributed by atoms with Crippen molar-refractivity contribution >= 4 is 0 Å². The van der Waals surface area contributed by atoms with E-state index in [0.717, 1.165) is 30.2 Å². The lowest BCUT2D eigenvalue weighted by Crippen LogP contribution is -2.38. The van der Waals surface area contributed by atoms with E-state index >= 15 is 0 Å². The van der Waals surface area contributed by atoms with E-state index in [1.54, 1.807) is 25.6 Å². The predicted molar refractivity (Wildman–Crippen MR) is 95.1 cm³/mol. The van der Waals surface area contributed by atoms with Crippen molar-refractivity contribution in [2.24, 2.45) is 0 Å². The van der Waals surface area contributed by atoms with Gasteiger partial charge in [-0.2, -0.15) is 0 Å². The Hall–Kier alpha value is -2.05. The maximum Gasteiger partial charge on any atom is 0.142 e. The number of ether oxygens (including phenoxy) is 1. The van der Waals surface area contributed by atoms with E-state index in [4.69, 9.17) is 4.74 Å². The predicted octanol–water partition coefficient (Wildman–Crippen LogP) is 2.53. The molecule has 0 amide bonds. The number of nitrogens with zero attached hydrogens (tertiary/aromatic N) is 4. The van der Waals surface area contributed by atoms with Crippen molar-refractivity contribution in [1.82, 2.24) is 19.8 Å². The van der Waals surface area contributed by atoms with Crippen LogP contribution < -0.4 is 4.74 Å². The summed E-state index contributed by atoms with van der Waals surface area (Å²) in [7, 11) is 3.75. The van der Waals surface area contributed by atoms with Crippen LogP contribution in [0.3, 0.4) is 0 Å². The number of para-hydroxylation sites is 1. The second-order valence-corrected chi connectivity index (χ2v) is 6.59. The molecule has 0 N–H and O–H groups in total. The Labute approximate surface area is 148 Å². The fourth-order valence-corrected chi connectivity index (χ4v) is 3.45. The van der Waals surface area contributed by atoms with Crippen molar-refractivity contribution in [2.75, 3.05) is 27.2 Å². The van der Waals surface area contributed by atoms with Gasteiger partial charge < -0.3 is 9.64 Å². The van der Waals surface area contributed by atoms with Crippen LogP contribution in [-0.4, -0.2) is 59.2 Å². The first kappa shape index (κ1) is 17.8. The zero-order chi connectivity index (χ0) is 17.6. The van der Waals surface area contributed by atoms with Gasteiger partial charge in [0.1, 0.15) is 17.7 Å². The number of likely N-dealkylation sites (tertiary alicyclic amines) is 1. The first-order valence-corrected chi connectivity index (χ1v) is 8.60. The lowest BCUT2D eigenvalue weighted by Gasteiger charge is -2.28. The van der Waals surface area contributed by atoms with Crippen molar-refractivity contribution in [1.29, 1.82) is 0 Å². The molecule has 0 saturated carbocycles. The molecule has 3 rings (SSSR count). The second-order valence-electron chi connectivity index (χ2n) is 6.59. The van der Waals surface area contributed by atoms with Gasteiger partial charge in [0.15, 0.2) is 0 Å². The van der Waals surface area contributed by atoms with Crippen molar-refractivity contribution in [3.63, 3.8) is 0 Å². The number of alkyl halides is 1. The number of hydrogen-bond acceptors (Lipinski definition) is 5. The number of aromatic nitrogens is 2. The molecule has 25 heavy (non-hydrogen) atoms. The summed E-state index contributed by atoms with van der Waals surface area (Å²) in [5.41, 5.74) is 1.14. The van der Waals surface area contributed by atoms with Crippen molar-refractivity contribution in [2.45, 2.75) is 31.7 Å². The molecule has 6 heteroatoms. The summed E-state index contributed by atoms with van der Waals surface area (Å²) in [6, 6.07) is 9.97. The van der Waals surface area contributed by atoms with E-state index in [0.29, 0.717) is 19.5 Å². The molecule has 0 bridgehead atoms. The lowest BCUT2D eigenvalue weighted by molar-refractivity contribution is 0.176. The van der Waals surface area contributed by atoms with Crippen LogP contribution in [0.1, 0.15) is 17.8 Å². The first-order chi connectivity index (χ1) is 12.2. The van der Waals surface area contributed by atoms with Gasteiger partial charge in [-0.25, -0.2) is 14.4 Å². The maximum atomic E-state index is 14.0. The Balaban J connectivity index is 1.61. The Morgan fingerprint density at radius 3 is 2.76 bits per heavy atom. The van der Waals surface area contributed by atoms with Crippen molar-refractivity contribution < 1.29 is 9.13 Å². The molecule has 5 nitrogen and oxygen atoms in total. The molecule has 1 aliphatic heterocycles. The zero-order valence-corrected chi connectivity index (χ0v) is 14.8. The summed E-state index contributed by atoms with van der Waals surface area (Å²) in [6.07, 6.45) is 3.24. The third-order valence-corrected chi connectivity index (χ3v) is 4.60. The molecule has 0 unspecified atom stereocenters. The highest BCUT2D eigenvalue weighted by molar-refractivity contribution is 5.33. The van der Waals surface area contributed by atoms with Crippen LogP contribution in [0.15, 0.2) is 42.7 Å². The minimum absolute atomic E-state index is 0.165. The van der Waals surface area contributed by atoms with Crippen molar-refractivity contribution in [3.8, 4) is 5.75 Å². The molecule has 2 aromatic rings. The van der Waals surface area contributed by atoms with Crippen LogP contribution >= 0.6 is 0 Å². The molecule has 0 radical (unpaired) electrons. The SMILES string of the molecule is COc1ccccc1CN(C)C[C@@H]1C[C@H](F)CN1Cc1ncccn1. The van der Waals surface area contributed by atoms with Gasteiger partial charge in [-0.15, -0.1) is 0 Å². The number of methoxy groups -OCH3 is 1. The van der Waals surface area contributed by atoms with Gasteiger partial charge in [0.25, 0.3) is 0 Å². The van der Waals surface area contributed by atoms with Gasteiger partial charge in [-0.05, 0) is 25.6 Å². The molecule has 0 aliphatic carbocycles. The Kier molecular flexibility index (Phi) is 5.94. The molecule has 1 aliphatic rings. The maximum absolute atomic E-state index is 14.0. The Morgan fingerprint density at radius 1 is 1.24 bits per heavy atom. The van der Waals surface area contributed by atoms with E-state index in [1.807, 2.05) is 18.2 Å². The molecule has 2 atom stereocenters. The Bertz CT molecular complexity index is 669. The summed E-state index contributed by atoms with van der Waals surface area (Å²) in [6.45, 7) is 2.61. The van der Waals surface area contributed by atoms with Crippen LogP contribution in [-0.2, 0) is 13.1 Å². The number of rotatable bonds is 7. The van der Waals surface area contributed by atoms with Gasteiger partial charge in [-0.3, -0.25) is 4.90 Å². The molecule has 134 valence electrons. The highest BCUT2D eigenvalue weighted by atomic mass is 19.1. The van der Waals surface area contributed by atoms with Gasteiger partial charge in [0.2, 0.25) is 0 Å². The number of likely N-dealkylation sites (N-methyl/N-ethyl adjacent to an activating group) is 1. The van der Waals surface area contributed by atoms with E-state index in [9.17, 15) is 4.39 Å². The third kappa shape index (κ3) is 4.74. The standard InChI is InChI=1S/C19H25FN4O/c1-23(11-15-6-3-4-7-18(15)25-2)13-17-10-16(20)12-24(17)14-19-21-8-5-9-22-19/h3-9,16-17H,10-14H2,1-2H3/t16-,17-/m0/s1. The van der Waals surface area contributed by atoms with Gasteiger partial charge in [-0.1, -0.05) is 18.2 Å². The monoisotopic (exact) mass is 344 g/mol. The topological polar surface area (TPSA) is 41.5 Å². The average molecular weight is 344 g/mol. The Morgan fingerprint density at radius 2 is 2.00 bits per heavy atom. The fraction of sp³-hybridized carbons (Fsp3) is 0.474. The fourth-order valence-electron chi connectivity index (χ4n) is 3.45. The summed E-state index contributed by atoms with van der Waals surface area (Å²) < 4.78 is 19.4. The third-order valence-electron chi connectivity index (χ3n) is 4.60. The van der Waals surface area contributed by atoms with E-state index in [2.05, 4.69) is 32.9 Å². The van der Waals surface area contributed by atoms with E-state index in [-0.39, 0.29) is 6.04 Å². The molecule has 0 spiro atoms. The summed E-state index contributed by atoms with van der Waals surface area (Å²) in [5, 5.41) is 0. The molecule has 1 saturated heterocycles. The van der Waals surface area contributed by atoms with E-state index < -0.39 is 6.17 Å². The molecule has 1 fully saturated rings. The first-order valence-electron chi connectivity index (χ1n) is 8.60. The van der Waals surface area contributed by atoms with Crippen LogP contribution in [0.25, 0.3) is 0 Å². The number of halogens is 1. The average Bonchev–Trinajstić information content (AvgIpc) is 2.95. The number of benzene rings is 1. The van der Waals surface area contributed by atoms with Crippen LogP contribution in [0.5, 0.6) is 5.75 Å². The van der Waals surface area contributed by atoms with E-state index in [1.165, 1.54) is 0 Å². The minimum Gasteiger partial charge on any atom is -0.496 e. The molecular formula is C19H25FN4O. The highest BCUT2D eigenvalue weighted by Gasteiger charge is 2.33. The molecule has 1 aromatic carbocycles. The number of hydrogen-bond donors (Lipinski definition) is 0. The highest BCUT2D eigenvalue weighted by Crippen LogP contribution is 2.24. The lowest BCUT2D eigenvalue weighted by atomic mass is 10.1. The van der Waals surface area contributed by atoms with Crippen LogP contribution in [0.2, 0.25) is 0 Å². The second kappa shape index (κ2) is 8.36. The minimum atomic E-state index is -0.784. The quantitative estimate of drug-likeness (QED) is 0.772.